The Morgan fingerprint density at radius 2 is 2.04 bits per heavy atom. The molecule has 2 aromatic carbocycles. The summed E-state index contributed by atoms with van der Waals surface area (Å²) in [5, 5.41) is 9.74. The largest absolute Gasteiger partial charge is 0.493 e. The average Bonchev–Trinajstić information content (AvgIpc) is 3.07. The van der Waals surface area contributed by atoms with Crippen molar-refractivity contribution in [2.45, 2.75) is 13.8 Å². The Bertz CT molecular complexity index is 1120. The molecule has 0 aliphatic carbocycles. The quantitative estimate of drug-likeness (QED) is 0.450. The summed E-state index contributed by atoms with van der Waals surface area (Å²) in [6.45, 7) is 4.16. The van der Waals surface area contributed by atoms with Crippen LogP contribution in [0.25, 0.3) is 22.7 Å². The molecule has 0 fully saturated rings. The van der Waals surface area contributed by atoms with Crippen LogP contribution in [0.3, 0.4) is 0 Å². The molecule has 0 saturated heterocycles. The van der Waals surface area contributed by atoms with Gasteiger partial charge in [0.25, 0.3) is 0 Å². The van der Waals surface area contributed by atoms with Gasteiger partial charge in [-0.25, -0.2) is 4.98 Å². The zero-order valence-corrected chi connectivity index (χ0v) is 17.3. The first-order valence-corrected chi connectivity index (χ1v) is 9.29. The predicted octanol–water partition coefficient (Wildman–Crippen LogP) is 5.03. The Morgan fingerprint density at radius 1 is 1.29 bits per heavy atom. The van der Waals surface area contributed by atoms with Gasteiger partial charge in [-0.1, -0.05) is 21.9 Å². The van der Waals surface area contributed by atoms with Gasteiger partial charge in [-0.15, -0.1) is 6.42 Å². The van der Waals surface area contributed by atoms with Crippen LogP contribution < -0.4 is 9.47 Å². The second-order valence-electron chi connectivity index (χ2n) is 6.23. The van der Waals surface area contributed by atoms with E-state index < -0.39 is 0 Å². The molecule has 28 heavy (non-hydrogen) atoms. The molecule has 6 heteroatoms. The molecule has 0 atom stereocenters. The summed E-state index contributed by atoms with van der Waals surface area (Å²) in [4.78, 5) is 7.80. The summed E-state index contributed by atoms with van der Waals surface area (Å²) in [6.07, 6.45) is 7.03. The number of rotatable bonds is 5. The number of H-pyrrole nitrogens is 1. The van der Waals surface area contributed by atoms with Gasteiger partial charge in [-0.3, -0.25) is 0 Å². The zero-order chi connectivity index (χ0) is 20.3. The number of methoxy groups -OCH3 is 1. The minimum atomic E-state index is 0.0872. The second-order valence-corrected chi connectivity index (χ2v) is 7.14. The molecule has 140 valence electrons. The lowest BCUT2D eigenvalue weighted by Crippen LogP contribution is -1.99. The highest BCUT2D eigenvalue weighted by Crippen LogP contribution is 2.37. The molecule has 1 N–H and O–H groups in total. The van der Waals surface area contributed by atoms with Crippen LogP contribution in [0, 0.1) is 37.5 Å². The monoisotopic (exact) mass is 435 g/mol. The fourth-order valence-corrected chi connectivity index (χ4v) is 3.28. The molecule has 3 rings (SSSR count). The third-order valence-corrected chi connectivity index (χ3v) is 4.80. The van der Waals surface area contributed by atoms with Crippen molar-refractivity contribution in [2.24, 2.45) is 0 Å². The van der Waals surface area contributed by atoms with Gasteiger partial charge in [0.15, 0.2) is 11.5 Å². The van der Waals surface area contributed by atoms with Gasteiger partial charge in [0.05, 0.1) is 23.7 Å². The van der Waals surface area contributed by atoms with Gasteiger partial charge >= 0.3 is 0 Å². The van der Waals surface area contributed by atoms with Crippen LogP contribution >= 0.6 is 15.9 Å². The van der Waals surface area contributed by atoms with Crippen molar-refractivity contribution in [3.63, 3.8) is 0 Å². The van der Waals surface area contributed by atoms with Crippen LogP contribution in [0.4, 0.5) is 0 Å². The van der Waals surface area contributed by atoms with E-state index in [1.807, 2.05) is 32.0 Å². The lowest BCUT2D eigenvalue weighted by molar-refractivity contribution is 0.330. The summed E-state index contributed by atoms with van der Waals surface area (Å²) in [5.74, 6) is 3.92. The van der Waals surface area contributed by atoms with Crippen molar-refractivity contribution in [1.29, 1.82) is 5.26 Å². The number of benzene rings is 2. The lowest BCUT2D eigenvalue weighted by atomic mass is 10.1. The van der Waals surface area contributed by atoms with Crippen molar-refractivity contribution in [1.82, 2.24) is 9.97 Å². The molecular formula is C22H18BrN3O2. The zero-order valence-electron chi connectivity index (χ0n) is 15.8. The summed E-state index contributed by atoms with van der Waals surface area (Å²) in [7, 11) is 1.55. The number of allylic oxidation sites excluding steroid dienone is 1. The van der Waals surface area contributed by atoms with Gasteiger partial charge in [-0.05, 0) is 55.3 Å². The minimum Gasteiger partial charge on any atom is -0.493 e. The predicted molar refractivity (Wildman–Crippen MR) is 114 cm³/mol. The van der Waals surface area contributed by atoms with E-state index in [0.29, 0.717) is 28.5 Å². The number of nitrogens with zero attached hydrogens (tertiary/aromatic N) is 2. The number of nitrogens with one attached hydrogen (secondary N) is 1. The molecule has 0 unspecified atom stereocenters. The number of hydrogen-bond acceptors (Lipinski definition) is 4. The molecule has 0 bridgehead atoms. The first-order chi connectivity index (χ1) is 13.5. The highest BCUT2D eigenvalue weighted by Gasteiger charge is 2.15. The third-order valence-electron chi connectivity index (χ3n) is 4.34. The van der Waals surface area contributed by atoms with Gasteiger partial charge < -0.3 is 14.5 Å². The van der Waals surface area contributed by atoms with Crippen molar-refractivity contribution in [3.8, 4) is 29.9 Å². The number of imidazole rings is 1. The molecule has 5 nitrogen and oxygen atoms in total. The number of hydrogen-bond donors (Lipinski definition) is 1. The van der Waals surface area contributed by atoms with E-state index >= 15 is 0 Å². The minimum absolute atomic E-state index is 0.0872. The number of aryl methyl sites for hydroxylation is 2. The Hall–Kier alpha value is -3.22. The number of nitriles is 1. The topological polar surface area (TPSA) is 70.9 Å². The van der Waals surface area contributed by atoms with Crippen LogP contribution in [-0.2, 0) is 0 Å². The SMILES string of the molecule is C#CCOc1c(C=C(C#N)c2nc3cc(C)c(C)cc3[nH]2)cc(Br)cc1OC. The molecule has 0 aliphatic rings. The van der Waals surface area contributed by atoms with Crippen molar-refractivity contribution >= 4 is 38.6 Å². The van der Waals surface area contributed by atoms with Crippen molar-refractivity contribution in [2.75, 3.05) is 13.7 Å². The molecule has 0 radical (unpaired) electrons. The number of halogens is 1. The highest BCUT2D eigenvalue weighted by atomic mass is 79.9. The number of fused-ring (bicyclic) bond motifs is 1. The maximum atomic E-state index is 9.74. The van der Waals surface area contributed by atoms with E-state index in [0.717, 1.165) is 26.6 Å². The van der Waals surface area contributed by atoms with E-state index in [4.69, 9.17) is 15.9 Å². The Kier molecular flexibility index (Phi) is 5.73. The fourth-order valence-electron chi connectivity index (χ4n) is 2.82. The molecular weight excluding hydrogens is 418 g/mol. The highest BCUT2D eigenvalue weighted by molar-refractivity contribution is 9.10. The van der Waals surface area contributed by atoms with Crippen LogP contribution in [0.5, 0.6) is 11.5 Å². The number of terminal acetylenes is 1. The number of aromatic nitrogens is 2. The van der Waals surface area contributed by atoms with Gasteiger partial charge in [0, 0.05) is 10.0 Å². The van der Waals surface area contributed by atoms with E-state index in [1.165, 1.54) is 0 Å². The van der Waals surface area contributed by atoms with E-state index in [2.05, 4.69) is 37.9 Å². The van der Waals surface area contributed by atoms with Gasteiger partial charge in [0.2, 0.25) is 0 Å². The summed E-state index contributed by atoms with van der Waals surface area (Å²) >= 11 is 3.46. The summed E-state index contributed by atoms with van der Waals surface area (Å²) < 4.78 is 11.9. The maximum absolute atomic E-state index is 9.74. The Morgan fingerprint density at radius 3 is 2.71 bits per heavy atom. The molecule has 0 aliphatic heterocycles. The second kappa shape index (κ2) is 8.21. The number of ether oxygens (including phenoxy) is 2. The van der Waals surface area contributed by atoms with Crippen LogP contribution in [0.2, 0.25) is 0 Å². The van der Waals surface area contributed by atoms with Crippen molar-refractivity contribution in [3.05, 3.63) is 51.3 Å². The number of aromatic amines is 1. The fraction of sp³-hybridized carbons (Fsp3) is 0.182. The van der Waals surface area contributed by atoms with Crippen molar-refractivity contribution < 1.29 is 9.47 Å². The molecule has 1 heterocycles. The van der Waals surface area contributed by atoms with E-state index in [1.54, 1.807) is 19.3 Å². The molecule has 0 saturated carbocycles. The van der Waals surface area contributed by atoms with Crippen LogP contribution in [-0.4, -0.2) is 23.7 Å². The summed E-state index contributed by atoms with van der Waals surface area (Å²) in [6, 6.07) is 9.86. The normalized spacial score (nSPS) is 11.1. The summed E-state index contributed by atoms with van der Waals surface area (Å²) in [5.41, 5.74) is 5.04. The molecule has 0 spiro atoms. The average molecular weight is 436 g/mol. The van der Waals surface area contributed by atoms with Crippen LogP contribution in [0.1, 0.15) is 22.5 Å². The lowest BCUT2D eigenvalue weighted by Gasteiger charge is -2.13. The van der Waals surface area contributed by atoms with Crippen LogP contribution in [0.15, 0.2) is 28.7 Å². The standard InChI is InChI=1S/C22H18BrN3O2/c1-5-6-28-21-15(10-17(23)11-20(21)27-4)9-16(12-24)22-25-18-7-13(2)14(3)8-19(18)26-22/h1,7-11H,6H2,2-4H3,(H,25,26). The molecule has 0 amide bonds. The van der Waals surface area contributed by atoms with Gasteiger partial charge in [-0.2, -0.15) is 5.26 Å². The third kappa shape index (κ3) is 3.88. The Labute approximate surface area is 172 Å². The molecule has 3 aromatic rings. The van der Waals surface area contributed by atoms with Gasteiger partial charge in [0.1, 0.15) is 18.5 Å². The maximum Gasteiger partial charge on any atom is 0.169 e. The molecule has 1 aromatic heterocycles. The smallest absolute Gasteiger partial charge is 0.169 e. The Balaban J connectivity index is 2.14. The van der Waals surface area contributed by atoms with E-state index in [9.17, 15) is 5.26 Å². The van der Waals surface area contributed by atoms with E-state index in [-0.39, 0.29) is 6.61 Å². The first-order valence-electron chi connectivity index (χ1n) is 8.49. The first kappa shape index (κ1) is 19.5.